The molecule has 2 aliphatic heterocycles. The lowest BCUT2D eigenvalue weighted by atomic mass is 9.91. The highest BCUT2D eigenvalue weighted by molar-refractivity contribution is 7.80. The van der Waals surface area contributed by atoms with Crippen LogP contribution in [-0.4, -0.2) is 32.7 Å². The van der Waals surface area contributed by atoms with Crippen LogP contribution < -0.4 is 15.1 Å². The van der Waals surface area contributed by atoms with Gasteiger partial charge in [-0.2, -0.15) is 0 Å². The summed E-state index contributed by atoms with van der Waals surface area (Å²) in [4.78, 5) is 13.9. The molecular weight excluding hydrogens is 524 g/mol. The third-order valence-electron chi connectivity index (χ3n) is 7.74. The van der Waals surface area contributed by atoms with Crippen LogP contribution in [0.2, 0.25) is 5.02 Å². The molecule has 8 heteroatoms. The molecule has 4 atom stereocenters. The topological polar surface area (TPSA) is 49.2 Å². The van der Waals surface area contributed by atoms with Gasteiger partial charge >= 0.3 is 0 Å². The number of nitrogens with zero attached hydrogens (tertiary/aromatic N) is 5. The van der Waals surface area contributed by atoms with E-state index < -0.39 is 0 Å². The summed E-state index contributed by atoms with van der Waals surface area (Å²) in [7, 11) is 0. The van der Waals surface area contributed by atoms with Crippen LogP contribution in [0.5, 0.6) is 0 Å². The van der Waals surface area contributed by atoms with Gasteiger partial charge in [0.25, 0.3) is 0 Å². The molecule has 3 aromatic heterocycles. The van der Waals surface area contributed by atoms with Crippen LogP contribution >= 0.6 is 23.8 Å². The van der Waals surface area contributed by atoms with E-state index in [1.54, 1.807) is 0 Å². The first-order chi connectivity index (χ1) is 19.0. The van der Waals surface area contributed by atoms with Crippen LogP contribution in [0.1, 0.15) is 49.4 Å². The first-order valence-electron chi connectivity index (χ1n) is 13.6. The van der Waals surface area contributed by atoms with Gasteiger partial charge in [0.15, 0.2) is 5.11 Å². The molecule has 1 N–H and O–H groups in total. The van der Waals surface area contributed by atoms with E-state index >= 15 is 0 Å². The average Bonchev–Trinajstić information content (AvgIpc) is 3.52. The third kappa shape index (κ3) is 5.25. The first kappa shape index (κ1) is 25.8. The lowest BCUT2D eigenvalue weighted by Crippen LogP contribution is -2.38. The van der Waals surface area contributed by atoms with Crippen LogP contribution in [0, 0.1) is 11.8 Å². The molecule has 0 unspecified atom stereocenters. The van der Waals surface area contributed by atoms with Gasteiger partial charge in [0.2, 0.25) is 0 Å². The average molecular weight is 557 g/mol. The summed E-state index contributed by atoms with van der Waals surface area (Å²) in [6.07, 6.45) is 7.03. The number of hydrogen-bond acceptors (Lipinski definition) is 4. The molecule has 2 aliphatic rings. The molecule has 0 amide bonds. The molecule has 5 heterocycles. The Bertz CT molecular complexity index is 1430. The molecule has 39 heavy (non-hydrogen) atoms. The van der Waals surface area contributed by atoms with Crippen LogP contribution in [-0.2, 0) is 6.54 Å². The zero-order valence-electron chi connectivity index (χ0n) is 22.2. The predicted octanol–water partition coefficient (Wildman–Crippen LogP) is 6.64. The molecule has 0 aliphatic carbocycles. The number of aromatic nitrogens is 3. The SMILES string of the molecule is C[C@@H]1C[C@@H](C)CN(c2ccc(N3C(=S)N[C@@H](c4ccccn4)[C@@H]3c3cccn3Cc3ccccn3)cc2Cl)C1. The Morgan fingerprint density at radius 3 is 2.41 bits per heavy atom. The van der Waals surface area contributed by atoms with E-state index in [1.165, 1.54) is 6.42 Å². The number of rotatable bonds is 6. The van der Waals surface area contributed by atoms with Crippen LogP contribution in [0.25, 0.3) is 0 Å². The van der Waals surface area contributed by atoms with Gasteiger partial charge in [-0.1, -0.05) is 37.6 Å². The molecule has 0 bridgehead atoms. The maximum absolute atomic E-state index is 6.99. The van der Waals surface area contributed by atoms with Crippen molar-refractivity contribution in [2.24, 2.45) is 11.8 Å². The second kappa shape index (κ2) is 11.0. The fourth-order valence-corrected chi connectivity index (χ4v) is 6.84. The molecular formula is C31H33ClN6S. The number of nitrogens with one attached hydrogen (secondary N) is 1. The third-order valence-corrected chi connectivity index (χ3v) is 8.36. The van der Waals surface area contributed by atoms with Crippen molar-refractivity contribution in [2.45, 2.75) is 38.9 Å². The van der Waals surface area contributed by atoms with Crippen molar-refractivity contribution < 1.29 is 0 Å². The summed E-state index contributed by atoms with van der Waals surface area (Å²) in [5.41, 5.74) is 5.13. The maximum Gasteiger partial charge on any atom is 0.174 e. The molecule has 6 nitrogen and oxygen atoms in total. The largest absolute Gasteiger partial charge is 0.370 e. The predicted molar refractivity (Wildman–Crippen MR) is 162 cm³/mol. The van der Waals surface area contributed by atoms with Crippen molar-refractivity contribution in [1.82, 2.24) is 19.9 Å². The van der Waals surface area contributed by atoms with Crippen molar-refractivity contribution in [3.8, 4) is 0 Å². The van der Waals surface area contributed by atoms with Gasteiger partial charge in [-0.3, -0.25) is 9.97 Å². The van der Waals surface area contributed by atoms with Gasteiger partial charge in [-0.15, -0.1) is 0 Å². The fourth-order valence-electron chi connectivity index (χ4n) is 6.20. The number of piperidine rings is 1. The van der Waals surface area contributed by atoms with E-state index in [0.29, 0.717) is 23.5 Å². The molecule has 2 saturated heterocycles. The fraction of sp³-hybridized carbons (Fsp3) is 0.323. The highest BCUT2D eigenvalue weighted by Gasteiger charge is 2.42. The van der Waals surface area contributed by atoms with Crippen LogP contribution in [0.15, 0.2) is 85.3 Å². The van der Waals surface area contributed by atoms with Crippen molar-refractivity contribution in [2.75, 3.05) is 22.9 Å². The summed E-state index contributed by atoms with van der Waals surface area (Å²) in [5, 5.41) is 4.98. The summed E-state index contributed by atoms with van der Waals surface area (Å²) >= 11 is 13.0. The van der Waals surface area contributed by atoms with Gasteiger partial charge in [0.1, 0.15) is 6.04 Å². The normalized spacial score (nSPS) is 23.2. The Kier molecular flexibility index (Phi) is 7.28. The molecule has 2 fully saturated rings. The van der Waals surface area contributed by atoms with E-state index in [-0.39, 0.29) is 12.1 Å². The van der Waals surface area contributed by atoms with E-state index in [1.807, 2.05) is 36.7 Å². The summed E-state index contributed by atoms with van der Waals surface area (Å²) < 4.78 is 2.25. The van der Waals surface area contributed by atoms with Crippen molar-refractivity contribution in [3.63, 3.8) is 0 Å². The standard InChI is InChI=1S/C31H33ClN6S/c1-21-16-22(2)19-37(18-21)27-12-11-24(17-25(27)32)38-30(29(35-31(38)39)26-9-4-6-14-34-26)28-10-7-15-36(28)20-23-8-3-5-13-33-23/h3-15,17,21-22,29-30H,16,18-20H2,1-2H3,(H,35,39)/t21-,22-,29+,30+/m1/s1. The molecule has 0 saturated carbocycles. The Morgan fingerprint density at radius 2 is 1.72 bits per heavy atom. The van der Waals surface area contributed by atoms with Gasteiger partial charge in [-0.25, -0.2) is 0 Å². The van der Waals surface area contributed by atoms with Gasteiger partial charge in [0.05, 0.1) is 34.7 Å². The number of hydrogen-bond donors (Lipinski definition) is 1. The van der Waals surface area contributed by atoms with E-state index in [4.69, 9.17) is 28.8 Å². The zero-order valence-corrected chi connectivity index (χ0v) is 23.8. The number of benzene rings is 1. The Balaban J connectivity index is 1.39. The van der Waals surface area contributed by atoms with Crippen LogP contribution in [0.4, 0.5) is 11.4 Å². The summed E-state index contributed by atoms with van der Waals surface area (Å²) in [6, 6.07) is 22.4. The smallest absolute Gasteiger partial charge is 0.174 e. The Labute approximate surface area is 240 Å². The van der Waals surface area contributed by atoms with Crippen LogP contribution in [0.3, 0.4) is 0 Å². The van der Waals surface area contributed by atoms with E-state index in [2.05, 4.69) is 87.2 Å². The van der Waals surface area contributed by atoms with Crippen molar-refractivity contribution >= 4 is 40.3 Å². The number of pyridine rings is 2. The molecule has 0 spiro atoms. The number of thiocarbonyl (C=S) groups is 1. The number of halogens is 1. The van der Waals surface area contributed by atoms with Gasteiger partial charge < -0.3 is 19.7 Å². The minimum absolute atomic E-state index is 0.122. The lowest BCUT2D eigenvalue weighted by molar-refractivity contribution is 0.357. The molecule has 0 radical (unpaired) electrons. The Morgan fingerprint density at radius 1 is 0.949 bits per heavy atom. The van der Waals surface area contributed by atoms with E-state index in [9.17, 15) is 0 Å². The van der Waals surface area contributed by atoms with Crippen molar-refractivity contribution in [1.29, 1.82) is 0 Å². The first-order valence-corrected chi connectivity index (χ1v) is 14.4. The minimum Gasteiger partial charge on any atom is -0.370 e. The maximum atomic E-state index is 6.99. The zero-order chi connectivity index (χ0) is 26.9. The van der Waals surface area contributed by atoms with Gasteiger partial charge in [0, 0.05) is 43.1 Å². The summed E-state index contributed by atoms with van der Waals surface area (Å²) in [5.74, 6) is 1.30. The molecule has 6 rings (SSSR count). The summed E-state index contributed by atoms with van der Waals surface area (Å²) in [6.45, 7) is 7.36. The molecule has 4 aromatic rings. The second-order valence-electron chi connectivity index (χ2n) is 10.9. The molecule has 200 valence electrons. The minimum atomic E-state index is -0.127. The lowest BCUT2D eigenvalue weighted by Gasteiger charge is -2.37. The highest BCUT2D eigenvalue weighted by Crippen LogP contribution is 2.43. The van der Waals surface area contributed by atoms with E-state index in [0.717, 1.165) is 46.6 Å². The highest BCUT2D eigenvalue weighted by atomic mass is 35.5. The van der Waals surface area contributed by atoms with Gasteiger partial charge in [-0.05, 0) is 85.1 Å². The van der Waals surface area contributed by atoms with Crippen molar-refractivity contribution in [3.05, 3.63) is 107 Å². The number of anilines is 2. The Hall–Kier alpha value is -3.42. The second-order valence-corrected chi connectivity index (χ2v) is 11.7. The quantitative estimate of drug-likeness (QED) is 0.269. The molecule has 1 aromatic carbocycles. The monoisotopic (exact) mass is 556 g/mol.